The maximum absolute atomic E-state index is 13.1. The summed E-state index contributed by atoms with van der Waals surface area (Å²) < 4.78 is 0. The minimum Gasteiger partial charge on any atom is -0.335 e. The number of aromatic nitrogens is 1. The zero-order chi connectivity index (χ0) is 19.9. The van der Waals surface area contributed by atoms with Crippen LogP contribution in [0.3, 0.4) is 0 Å². The average molecular weight is 377 g/mol. The van der Waals surface area contributed by atoms with Gasteiger partial charge in [-0.05, 0) is 66.5 Å². The van der Waals surface area contributed by atoms with Crippen molar-refractivity contribution < 1.29 is 9.59 Å². The number of fused-ring (bicyclic) bond motifs is 2. The van der Waals surface area contributed by atoms with E-state index in [9.17, 15) is 9.59 Å². The lowest BCUT2D eigenvalue weighted by Gasteiger charge is -2.39. The third-order valence-electron chi connectivity index (χ3n) is 5.96. The molecular formula is C23H27N3O2. The van der Waals surface area contributed by atoms with E-state index in [1.54, 1.807) is 48.7 Å². The smallest absolute Gasteiger partial charge is 0.274 e. The Morgan fingerprint density at radius 1 is 1.07 bits per heavy atom. The number of amides is 2. The molecule has 1 N–H and O–H groups in total. The second kappa shape index (κ2) is 6.73. The van der Waals surface area contributed by atoms with Crippen LogP contribution in [0.1, 0.15) is 60.9 Å². The highest BCUT2D eigenvalue weighted by atomic mass is 16.2. The highest BCUT2D eigenvalue weighted by Gasteiger charge is 2.50. The summed E-state index contributed by atoms with van der Waals surface area (Å²) in [5.41, 5.74) is 2.19. The van der Waals surface area contributed by atoms with Gasteiger partial charge in [0, 0.05) is 30.0 Å². The van der Waals surface area contributed by atoms with Crippen LogP contribution in [0.15, 0.2) is 48.7 Å². The summed E-state index contributed by atoms with van der Waals surface area (Å²) in [5.74, 6) is -0.169. The van der Waals surface area contributed by atoms with Gasteiger partial charge in [-0.1, -0.05) is 26.8 Å². The Kier molecular flexibility index (Phi) is 4.48. The average Bonchev–Trinajstić information content (AvgIpc) is 2.91. The van der Waals surface area contributed by atoms with Crippen LogP contribution in [0, 0.1) is 10.8 Å². The maximum atomic E-state index is 13.1. The van der Waals surface area contributed by atoms with Gasteiger partial charge in [0.15, 0.2) is 0 Å². The van der Waals surface area contributed by atoms with Crippen molar-refractivity contribution in [2.75, 3.05) is 11.9 Å². The van der Waals surface area contributed by atoms with Gasteiger partial charge in [0.05, 0.1) is 0 Å². The van der Waals surface area contributed by atoms with Crippen LogP contribution in [0.5, 0.6) is 0 Å². The Labute approximate surface area is 166 Å². The summed E-state index contributed by atoms with van der Waals surface area (Å²) in [4.78, 5) is 31.5. The molecule has 2 fully saturated rings. The molecule has 146 valence electrons. The predicted octanol–water partition coefficient (Wildman–Crippen LogP) is 4.37. The number of pyridine rings is 1. The molecule has 0 spiro atoms. The molecule has 2 heterocycles. The summed E-state index contributed by atoms with van der Waals surface area (Å²) in [7, 11) is 0. The van der Waals surface area contributed by atoms with E-state index in [-0.39, 0.29) is 22.6 Å². The molecule has 1 aliphatic heterocycles. The number of carbonyl (C=O) groups is 2. The summed E-state index contributed by atoms with van der Waals surface area (Å²) in [5, 5.41) is 2.82. The summed E-state index contributed by atoms with van der Waals surface area (Å²) in [6, 6.07) is 12.7. The minimum absolute atomic E-state index is 0.0917. The topological polar surface area (TPSA) is 62.3 Å². The molecule has 2 aliphatic rings. The molecule has 5 heteroatoms. The van der Waals surface area contributed by atoms with Crippen molar-refractivity contribution in [1.29, 1.82) is 0 Å². The van der Waals surface area contributed by atoms with Gasteiger partial charge in [0.1, 0.15) is 5.69 Å². The number of rotatable bonds is 3. The van der Waals surface area contributed by atoms with Gasteiger partial charge in [0.2, 0.25) is 0 Å². The molecule has 0 radical (unpaired) electrons. The number of carbonyl (C=O) groups excluding carboxylic acids is 2. The van der Waals surface area contributed by atoms with E-state index in [1.165, 1.54) is 6.42 Å². The van der Waals surface area contributed by atoms with Crippen LogP contribution in [-0.4, -0.2) is 34.3 Å². The summed E-state index contributed by atoms with van der Waals surface area (Å²) in [6.45, 7) is 7.76. The van der Waals surface area contributed by atoms with E-state index in [0.29, 0.717) is 23.0 Å². The molecule has 2 atom stereocenters. The molecule has 2 amide bonds. The van der Waals surface area contributed by atoms with Crippen molar-refractivity contribution in [2.45, 2.75) is 46.1 Å². The number of nitrogens with one attached hydrogen (secondary N) is 1. The van der Waals surface area contributed by atoms with Crippen molar-refractivity contribution in [1.82, 2.24) is 9.88 Å². The second-order valence-corrected chi connectivity index (χ2v) is 9.39. The van der Waals surface area contributed by atoms with Crippen LogP contribution in [0.4, 0.5) is 5.69 Å². The van der Waals surface area contributed by atoms with E-state index >= 15 is 0 Å². The van der Waals surface area contributed by atoms with Gasteiger partial charge < -0.3 is 10.2 Å². The van der Waals surface area contributed by atoms with Gasteiger partial charge in [-0.15, -0.1) is 0 Å². The lowest BCUT2D eigenvalue weighted by molar-refractivity contribution is 0.0708. The standard InChI is InChI=1S/C23H27N3O2/c1-22(2)12-18-13-23(3,14-22)15-26(18)21(28)16-7-9-17(10-8-16)25-20(27)19-6-4-5-11-24-19/h4-11,18H,12-15H2,1-3H3,(H,25,27). The number of anilines is 1. The largest absolute Gasteiger partial charge is 0.335 e. The number of likely N-dealkylation sites (tertiary alicyclic amines) is 1. The maximum Gasteiger partial charge on any atom is 0.274 e. The third-order valence-corrected chi connectivity index (χ3v) is 5.96. The van der Waals surface area contributed by atoms with E-state index in [0.717, 1.165) is 19.4 Å². The molecule has 1 aromatic heterocycles. The Balaban J connectivity index is 1.46. The second-order valence-electron chi connectivity index (χ2n) is 9.39. The summed E-state index contributed by atoms with van der Waals surface area (Å²) >= 11 is 0. The zero-order valence-electron chi connectivity index (χ0n) is 16.7. The van der Waals surface area contributed by atoms with Crippen LogP contribution in [0.2, 0.25) is 0 Å². The molecule has 1 aromatic carbocycles. The summed E-state index contributed by atoms with van der Waals surface area (Å²) in [6.07, 6.45) is 4.91. The van der Waals surface area contributed by atoms with E-state index in [2.05, 4.69) is 36.0 Å². The Bertz CT molecular complexity index is 892. The predicted molar refractivity (Wildman–Crippen MR) is 109 cm³/mol. The molecule has 5 nitrogen and oxygen atoms in total. The minimum atomic E-state index is -0.261. The van der Waals surface area contributed by atoms with Crippen LogP contribution < -0.4 is 5.32 Å². The normalized spacial score (nSPS) is 25.4. The first kappa shape index (κ1) is 18.7. The van der Waals surface area contributed by atoms with E-state index < -0.39 is 0 Å². The first-order chi connectivity index (χ1) is 13.2. The van der Waals surface area contributed by atoms with Gasteiger partial charge >= 0.3 is 0 Å². The molecule has 28 heavy (non-hydrogen) atoms. The fraction of sp³-hybridized carbons (Fsp3) is 0.435. The number of nitrogens with zero attached hydrogens (tertiary/aromatic N) is 2. The monoisotopic (exact) mass is 377 g/mol. The molecular weight excluding hydrogens is 350 g/mol. The van der Waals surface area contributed by atoms with Crippen LogP contribution >= 0.6 is 0 Å². The SMILES string of the molecule is CC1(C)CC2CC(C)(CN2C(=O)c2ccc(NC(=O)c3ccccn3)cc2)C1. The first-order valence-corrected chi connectivity index (χ1v) is 9.88. The Morgan fingerprint density at radius 3 is 2.50 bits per heavy atom. The number of hydrogen-bond acceptors (Lipinski definition) is 3. The van der Waals surface area contributed by atoms with Crippen LogP contribution in [0.25, 0.3) is 0 Å². The van der Waals surface area contributed by atoms with E-state index in [1.807, 2.05) is 0 Å². The van der Waals surface area contributed by atoms with Crippen molar-refractivity contribution >= 4 is 17.5 Å². The van der Waals surface area contributed by atoms with Crippen molar-refractivity contribution in [3.8, 4) is 0 Å². The third kappa shape index (κ3) is 3.66. The lowest BCUT2D eigenvalue weighted by Crippen LogP contribution is -2.37. The lowest BCUT2D eigenvalue weighted by atomic mass is 9.65. The molecule has 2 aromatic rings. The highest BCUT2D eigenvalue weighted by Crippen LogP contribution is 2.52. The molecule has 2 unspecified atom stereocenters. The van der Waals surface area contributed by atoms with Crippen molar-refractivity contribution in [2.24, 2.45) is 10.8 Å². The number of benzene rings is 1. The fourth-order valence-electron chi connectivity index (χ4n) is 5.25. The highest BCUT2D eigenvalue weighted by molar-refractivity contribution is 6.03. The quantitative estimate of drug-likeness (QED) is 0.864. The number of hydrogen-bond donors (Lipinski definition) is 1. The van der Waals surface area contributed by atoms with Gasteiger partial charge in [-0.2, -0.15) is 0 Å². The van der Waals surface area contributed by atoms with Gasteiger partial charge in [-0.25, -0.2) is 0 Å². The van der Waals surface area contributed by atoms with Crippen molar-refractivity contribution in [3.63, 3.8) is 0 Å². The molecule has 1 saturated carbocycles. The van der Waals surface area contributed by atoms with Crippen molar-refractivity contribution in [3.05, 3.63) is 59.9 Å². The fourth-order valence-corrected chi connectivity index (χ4v) is 5.25. The first-order valence-electron chi connectivity index (χ1n) is 9.88. The molecule has 2 bridgehead atoms. The van der Waals surface area contributed by atoms with Gasteiger partial charge in [0.25, 0.3) is 11.8 Å². The van der Waals surface area contributed by atoms with E-state index in [4.69, 9.17) is 0 Å². The van der Waals surface area contributed by atoms with Gasteiger partial charge in [-0.3, -0.25) is 14.6 Å². The molecule has 4 rings (SSSR count). The Morgan fingerprint density at radius 2 is 1.82 bits per heavy atom. The molecule has 1 aliphatic carbocycles. The van der Waals surface area contributed by atoms with Crippen LogP contribution in [-0.2, 0) is 0 Å². The zero-order valence-corrected chi connectivity index (χ0v) is 16.7. The molecule has 1 saturated heterocycles. The Hall–Kier alpha value is -2.69.